The molecule has 0 saturated heterocycles. The molecule has 0 saturated carbocycles. The largest absolute Gasteiger partial charge is 0.349 e. The molecule has 0 aliphatic rings. The van der Waals surface area contributed by atoms with Crippen molar-refractivity contribution in [2.24, 2.45) is 0 Å². The molecule has 0 aliphatic heterocycles. The molecule has 1 nitrogen and oxygen atoms in total. The second-order valence-corrected chi connectivity index (χ2v) is 4.50. The molecule has 0 amide bonds. The Hall–Kier alpha value is -0.790. The van der Waals surface area contributed by atoms with Crippen LogP contribution >= 0.6 is 0 Å². The zero-order valence-corrected chi connectivity index (χ0v) is 8.89. The van der Waals surface area contributed by atoms with Gasteiger partial charge >= 0.3 is 0 Å². The van der Waals surface area contributed by atoms with Crippen LogP contribution in [-0.4, -0.2) is 11.2 Å². The van der Waals surface area contributed by atoms with Gasteiger partial charge in [-0.2, -0.15) is 0 Å². The maximum atomic E-state index is 12.1. The second-order valence-electron chi connectivity index (χ2n) is 4.50. The number of aryl methyl sites for hydroxylation is 2. The number of rotatable bonds is 2. The fourth-order valence-electron chi connectivity index (χ4n) is 1.36. The number of nitrogens with zero attached hydrogens (tertiary/aromatic N) is 1. The van der Waals surface area contributed by atoms with E-state index in [1.165, 1.54) is 5.56 Å². The first-order valence-corrected chi connectivity index (χ1v) is 4.68. The summed E-state index contributed by atoms with van der Waals surface area (Å²) in [5.41, 5.74) is 2.58. The topological polar surface area (TPSA) is 4.93 Å². The predicted molar refractivity (Wildman–Crippen MR) is 53.8 cm³/mol. The minimum atomic E-state index is -0.293. The van der Waals surface area contributed by atoms with Crippen LogP contribution in [0.1, 0.15) is 32.0 Å². The van der Waals surface area contributed by atoms with Crippen molar-refractivity contribution in [3.8, 4) is 0 Å². The molecular weight excluding hydrogens is 165 g/mol. The van der Waals surface area contributed by atoms with Gasteiger partial charge in [-0.1, -0.05) is 20.8 Å². The van der Waals surface area contributed by atoms with E-state index in [0.717, 1.165) is 5.69 Å². The second kappa shape index (κ2) is 3.52. The first kappa shape index (κ1) is 10.3. The smallest absolute Gasteiger partial charge is 0.107 e. The Bertz CT molecular complexity index is 281. The lowest BCUT2D eigenvalue weighted by Gasteiger charge is -2.15. The van der Waals surface area contributed by atoms with Gasteiger partial charge in [0.1, 0.15) is 6.67 Å². The van der Waals surface area contributed by atoms with Crippen LogP contribution in [0.3, 0.4) is 0 Å². The SMILES string of the molecule is Cc1cc(C(C)(C)C)cn1CCF. The van der Waals surface area contributed by atoms with Crippen LogP contribution in [0.5, 0.6) is 0 Å². The summed E-state index contributed by atoms with van der Waals surface area (Å²) in [5, 5.41) is 0. The van der Waals surface area contributed by atoms with Crippen molar-refractivity contribution in [1.82, 2.24) is 4.57 Å². The van der Waals surface area contributed by atoms with Crippen LogP contribution in [0, 0.1) is 6.92 Å². The Morgan fingerprint density at radius 1 is 1.38 bits per heavy atom. The lowest BCUT2D eigenvalue weighted by molar-refractivity contribution is 0.442. The maximum Gasteiger partial charge on any atom is 0.107 e. The quantitative estimate of drug-likeness (QED) is 0.664. The highest BCUT2D eigenvalue weighted by molar-refractivity contribution is 5.24. The van der Waals surface area contributed by atoms with Gasteiger partial charge in [-0.3, -0.25) is 0 Å². The van der Waals surface area contributed by atoms with Gasteiger partial charge in [-0.15, -0.1) is 0 Å². The third-order valence-corrected chi connectivity index (χ3v) is 2.30. The van der Waals surface area contributed by atoms with Crippen LogP contribution in [0.2, 0.25) is 0 Å². The van der Waals surface area contributed by atoms with Gasteiger partial charge < -0.3 is 4.57 Å². The molecule has 0 fully saturated rings. The first-order valence-electron chi connectivity index (χ1n) is 4.68. The van der Waals surface area contributed by atoms with Crippen molar-refractivity contribution in [2.45, 2.75) is 39.7 Å². The molecule has 2 heteroatoms. The molecule has 1 heterocycles. The third kappa shape index (κ3) is 2.33. The Labute approximate surface area is 79.6 Å². The fraction of sp³-hybridized carbons (Fsp3) is 0.636. The Kier molecular flexibility index (Phi) is 2.79. The van der Waals surface area contributed by atoms with E-state index in [-0.39, 0.29) is 12.1 Å². The summed E-state index contributed by atoms with van der Waals surface area (Å²) in [5.74, 6) is 0. The minimum Gasteiger partial charge on any atom is -0.349 e. The average Bonchev–Trinajstić information content (AvgIpc) is 2.32. The molecule has 1 aromatic heterocycles. The fourth-order valence-corrected chi connectivity index (χ4v) is 1.36. The van der Waals surface area contributed by atoms with Crippen molar-refractivity contribution in [2.75, 3.05) is 6.67 Å². The van der Waals surface area contributed by atoms with E-state index < -0.39 is 0 Å². The highest BCUT2D eigenvalue weighted by Gasteiger charge is 2.16. The summed E-state index contributed by atoms with van der Waals surface area (Å²) in [4.78, 5) is 0. The van der Waals surface area contributed by atoms with Gasteiger partial charge in [0.15, 0.2) is 0 Å². The Balaban J connectivity index is 2.95. The molecular formula is C11H18FN. The number of hydrogen-bond donors (Lipinski definition) is 0. The third-order valence-electron chi connectivity index (χ3n) is 2.30. The highest BCUT2D eigenvalue weighted by atomic mass is 19.1. The number of alkyl halides is 1. The molecule has 0 N–H and O–H groups in total. The van der Waals surface area contributed by atoms with Crippen molar-refractivity contribution >= 4 is 0 Å². The van der Waals surface area contributed by atoms with Crippen molar-refractivity contribution in [1.29, 1.82) is 0 Å². The molecule has 0 spiro atoms. The zero-order chi connectivity index (χ0) is 10.1. The van der Waals surface area contributed by atoms with Crippen molar-refractivity contribution in [3.63, 3.8) is 0 Å². The molecule has 0 aliphatic carbocycles. The molecule has 0 bridgehead atoms. The summed E-state index contributed by atoms with van der Waals surface area (Å²) >= 11 is 0. The molecule has 74 valence electrons. The van der Waals surface area contributed by atoms with E-state index in [1.54, 1.807) is 0 Å². The van der Waals surface area contributed by atoms with Crippen LogP contribution < -0.4 is 0 Å². The van der Waals surface area contributed by atoms with Gasteiger partial charge in [0.2, 0.25) is 0 Å². The van der Waals surface area contributed by atoms with Gasteiger partial charge in [-0.25, -0.2) is 4.39 Å². The maximum absolute atomic E-state index is 12.1. The normalized spacial score (nSPS) is 12.1. The van der Waals surface area contributed by atoms with E-state index in [0.29, 0.717) is 6.54 Å². The highest BCUT2D eigenvalue weighted by Crippen LogP contribution is 2.23. The standard InChI is InChI=1S/C11H18FN/c1-9-7-10(11(2,3)4)8-13(9)6-5-12/h7-8H,5-6H2,1-4H3. The summed E-state index contributed by atoms with van der Waals surface area (Å²) in [7, 11) is 0. The van der Waals surface area contributed by atoms with Gasteiger partial charge in [-0.05, 0) is 24.0 Å². The summed E-state index contributed by atoms with van der Waals surface area (Å²) < 4.78 is 14.1. The Morgan fingerprint density at radius 3 is 2.38 bits per heavy atom. The number of aromatic nitrogens is 1. The Morgan fingerprint density at radius 2 is 2.00 bits per heavy atom. The molecule has 0 unspecified atom stereocenters. The number of hydrogen-bond acceptors (Lipinski definition) is 0. The van der Waals surface area contributed by atoms with Gasteiger partial charge in [0.05, 0.1) is 6.54 Å². The lowest BCUT2D eigenvalue weighted by atomic mass is 9.89. The van der Waals surface area contributed by atoms with E-state index in [4.69, 9.17) is 0 Å². The van der Waals surface area contributed by atoms with Crippen LogP contribution in [-0.2, 0) is 12.0 Å². The van der Waals surface area contributed by atoms with E-state index in [1.807, 2.05) is 11.5 Å². The first-order chi connectivity index (χ1) is 5.95. The van der Waals surface area contributed by atoms with Crippen LogP contribution in [0.4, 0.5) is 4.39 Å². The van der Waals surface area contributed by atoms with Gasteiger partial charge in [0.25, 0.3) is 0 Å². The predicted octanol–water partition coefficient (Wildman–Crippen LogP) is 3.06. The van der Waals surface area contributed by atoms with E-state index in [2.05, 4.69) is 33.0 Å². The summed E-state index contributed by atoms with van der Waals surface area (Å²) in [6, 6.07) is 2.13. The average molecular weight is 183 g/mol. The van der Waals surface area contributed by atoms with Crippen LogP contribution in [0.15, 0.2) is 12.3 Å². The van der Waals surface area contributed by atoms with Crippen molar-refractivity contribution in [3.05, 3.63) is 23.5 Å². The molecule has 0 atom stereocenters. The van der Waals surface area contributed by atoms with Crippen LogP contribution in [0.25, 0.3) is 0 Å². The molecule has 1 rings (SSSR count). The molecule has 1 aromatic rings. The summed E-state index contributed by atoms with van der Waals surface area (Å²) in [6.07, 6.45) is 2.05. The van der Waals surface area contributed by atoms with Gasteiger partial charge in [0, 0.05) is 11.9 Å². The van der Waals surface area contributed by atoms with E-state index in [9.17, 15) is 4.39 Å². The zero-order valence-electron chi connectivity index (χ0n) is 8.89. The molecule has 13 heavy (non-hydrogen) atoms. The molecule has 0 radical (unpaired) electrons. The lowest BCUT2D eigenvalue weighted by Crippen LogP contribution is -2.09. The monoisotopic (exact) mass is 183 g/mol. The molecule has 0 aromatic carbocycles. The van der Waals surface area contributed by atoms with Crippen molar-refractivity contribution < 1.29 is 4.39 Å². The van der Waals surface area contributed by atoms with E-state index >= 15 is 0 Å². The minimum absolute atomic E-state index is 0.159. The number of halogens is 1. The summed E-state index contributed by atoms with van der Waals surface area (Å²) in [6.45, 7) is 8.70.